The number of hydrogen-bond donors (Lipinski definition) is 2. The molecule has 1 aliphatic heterocycles. The van der Waals surface area contributed by atoms with E-state index in [1.165, 1.54) is 17.2 Å². The van der Waals surface area contributed by atoms with E-state index in [0.29, 0.717) is 11.3 Å². The third kappa shape index (κ3) is 2.49. The molecular weight excluding hydrogens is 265 g/mol. The Morgan fingerprint density at radius 2 is 1.95 bits per heavy atom. The molecule has 4 heteroatoms. The van der Waals surface area contributed by atoms with Crippen molar-refractivity contribution < 1.29 is 4.39 Å². The van der Waals surface area contributed by atoms with Crippen LogP contribution >= 0.6 is 0 Å². The van der Waals surface area contributed by atoms with Crippen LogP contribution in [0.1, 0.15) is 23.1 Å². The highest BCUT2D eigenvalue weighted by Crippen LogP contribution is 2.35. The van der Waals surface area contributed by atoms with Crippen molar-refractivity contribution in [2.45, 2.75) is 19.8 Å². The lowest BCUT2D eigenvalue weighted by Gasteiger charge is -2.32. The van der Waals surface area contributed by atoms with Crippen LogP contribution in [-0.2, 0) is 6.42 Å². The summed E-state index contributed by atoms with van der Waals surface area (Å²) in [4.78, 5) is 2.01. The largest absolute Gasteiger partial charge is 0.384 e. The fourth-order valence-electron chi connectivity index (χ4n) is 2.87. The maximum atomic E-state index is 14.4. The Balaban J connectivity index is 2.05. The number of hydrogen-bond acceptors (Lipinski definition) is 2. The van der Waals surface area contributed by atoms with Crippen LogP contribution in [0.3, 0.4) is 0 Å². The Morgan fingerprint density at radius 3 is 2.67 bits per heavy atom. The van der Waals surface area contributed by atoms with Gasteiger partial charge in [0, 0.05) is 17.8 Å². The van der Waals surface area contributed by atoms with Gasteiger partial charge in [0.05, 0.1) is 5.69 Å². The first-order valence-corrected chi connectivity index (χ1v) is 7.07. The maximum Gasteiger partial charge on any atom is 0.147 e. The molecule has 0 radical (unpaired) electrons. The molecule has 0 fully saturated rings. The molecule has 0 saturated carbocycles. The number of halogens is 1. The van der Waals surface area contributed by atoms with Crippen molar-refractivity contribution >= 4 is 17.2 Å². The zero-order chi connectivity index (χ0) is 15.0. The maximum absolute atomic E-state index is 14.4. The second-order valence-corrected chi connectivity index (χ2v) is 5.47. The Morgan fingerprint density at radius 1 is 1.19 bits per heavy atom. The van der Waals surface area contributed by atoms with Gasteiger partial charge >= 0.3 is 0 Å². The molecule has 21 heavy (non-hydrogen) atoms. The summed E-state index contributed by atoms with van der Waals surface area (Å²) in [6, 6.07) is 11.0. The van der Waals surface area contributed by atoms with Crippen LogP contribution in [0.4, 0.5) is 15.8 Å². The molecule has 0 atom stereocenters. The molecule has 0 spiro atoms. The molecule has 3 rings (SSSR count). The number of nitrogens with zero attached hydrogens (tertiary/aromatic N) is 1. The lowest BCUT2D eigenvalue weighted by molar-refractivity contribution is 0.620. The summed E-state index contributed by atoms with van der Waals surface area (Å²) in [5, 5.41) is 7.39. The Bertz CT molecular complexity index is 709. The summed E-state index contributed by atoms with van der Waals surface area (Å²) in [6.07, 6.45) is 2.03. The number of fused-ring (bicyclic) bond motifs is 1. The average molecular weight is 283 g/mol. The molecular formula is C17H18FN3. The summed E-state index contributed by atoms with van der Waals surface area (Å²) in [6.45, 7) is 2.87. The highest BCUT2D eigenvalue weighted by Gasteiger charge is 2.21. The van der Waals surface area contributed by atoms with Gasteiger partial charge in [-0.05, 0) is 49.6 Å². The van der Waals surface area contributed by atoms with Crippen LogP contribution in [0.25, 0.3) is 0 Å². The van der Waals surface area contributed by atoms with Gasteiger partial charge in [-0.2, -0.15) is 0 Å². The molecule has 2 aromatic rings. The van der Waals surface area contributed by atoms with Gasteiger partial charge in [-0.25, -0.2) is 4.39 Å². The van der Waals surface area contributed by atoms with E-state index in [0.717, 1.165) is 25.1 Å². The number of aryl methyl sites for hydroxylation is 2. The quantitative estimate of drug-likeness (QED) is 0.654. The molecule has 3 N–H and O–H groups in total. The fraction of sp³-hybridized carbons (Fsp3) is 0.235. The molecule has 108 valence electrons. The van der Waals surface area contributed by atoms with E-state index < -0.39 is 0 Å². The summed E-state index contributed by atoms with van der Waals surface area (Å²) in [5.41, 5.74) is 9.92. The first-order chi connectivity index (χ1) is 10.1. The SMILES string of the molecule is Cc1ccc2c(c1)CCCN2c1ccc(C(=N)N)cc1F. The molecule has 0 amide bonds. The molecule has 0 unspecified atom stereocenters. The second-order valence-electron chi connectivity index (χ2n) is 5.47. The number of nitrogens with one attached hydrogen (secondary N) is 1. The van der Waals surface area contributed by atoms with Crippen LogP contribution in [0, 0.1) is 18.2 Å². The number of rotatable bonds is 2. The molecule has 0 aliphatic carbocycles. The van der Waals surface area contributed by atoms with E-state index in [1.807, 2.05) is 4.90 Å². The van der Waals surface area contributed by atoms with Gasteiger partial charge in [0.15, 0.2) is 0 Å². The van der Waals surface area contributed by atoms with Crippen LogP contribution in [-0.4, -0.2) is 12.4 Å². The van der Waals surface area contributed by atoms with Gasteiger partial charge in [0.1, 0.15) is 11.7 Å². The Kier molecular flexibility index (Phi) is 3.37. The van der Waals surface area contributed by atoms with Crippen molar-refractivity contribution in [3.05, 3.63) is 58.9 Å². The summed E-state index contributed by atoms with van der Waals surface area (Å²) < 4.78 is 14.4. The van der Waals surface area contributed by atoms with Crippen molar-refractivity contribution in [1.82, 2.24) is 0 Å². The predicted octanol–water partition coefficient (Wildman–Crippen LogP) is 3.50. The van der Waals surface area contributed by atoms with Gasteiger partial charge in [-0.3, -0.25) is 5.41 Å². The zero-order valence-electron chi connectivity index (χ0n) is 12.0. The van der Waals surface area contributed by atoms with Gasteiger partial charge in [-0.15, -0.1) is 0 Å². The lowest BCUT2D eigenvalue weighted by Crippen LogP contribution is -2.25. The number of benzene rings is 2. The topological polar surface area (TPSA) is 53.1 Å². The smallest absolute Gasteiger partial charge is 0.147 e. The summed E-state index contributed by atoms with van der Waals surface area (Å²) in [7, 11) is 0. The van der Waals surface area contributed by atoms with Crippen molar-refractivity contribution in [1.29, 1.82) is 5.41 Å². The molecule has 0 bridgehead atoms. The van der Waals surface area contributed by atoms with Crippen molar-refractivity contribution in [2.75, 3.05) is 11.4 Å². The van der Waals surface area contributed by atoms with Crippen LogP contribution in [0.5, 0.6) is 0 Å². The molecule has 0 aromatic heterocycles. The minimum absolute atomic E-state index is 0.116. The molecule has 3 nitrogen and oxygen atoms in total. The molecule has 0 saturated heterocycles. The van der Waals surface area contributed by atoms with Crippen LogP contribution in [0.2, 0.25) is 0 Å². The minimum Gasteiger partial charge on any atom is -0.384 e. The number of nitrogens with two attached hydrogens (primary N) is 1. The molecule has 2 aromatic carbocycles. The number of amidine groups is 1. The van der Waals surface area contributed by atoms with E-state index in [2.05, 4.69) is 25.1 Å². The number of anilines is 2. The summed E-state index contributed by atoms with van der Waals surface area (Å²) in [5.74, 6) is -0.453. The van der Waals surface area contributed by atoms with Crippen LogP contribution < -0.4 is 10.6 Å². The minimum atomic E-state index is -0.337. The number of nitrogen functional groups attached to an aromatic ring is 1. The zero-order valence-corrected chi connectivity index (χ0v) is 12.0. The highest BCUT2D eigenvalue weighted by molar-refractivity contribution is 5.95. The van der Waals surface area contributed by atoms with E-state index in [9.17, 15) is 4.39 Å². The van der Waals surface area contributed by atoms with E-state index >= 15 is 0 Å². The lowest BCUT2D eigenvalue weighted by atomic mass is 9.98. The molecule has 1 aliphatic rings. The van der Waals surface area contributed by atoms with Gasteiger partial charge in [-0.1, -0.05) is 17.7 Å². The van der Waals surface area contributed by atoms with Crippen molar-refractivity contribution in [3.63, 3.8) is 0 Å². The second kappa shape index (κ2) is 5.20. The first-order valence-electron chi connectivity index (χ1n) is 7.07. The van der Waals surface area contributed by atoms with Gasteiger partial charge in [0.25, 0.3) is 0 Å². The normalized spacial score (nSPS) is 13.9. The average Bonchev–Trinajstić information content (AvgIpc) is 2.46. The highest BCUT2D eigenvalue weighted by atomic mass is 19.1. The summed E-state index contributed by atoms with van der Waals surface area (Å²) >= 11 is 0. The fourth-order valence-corrected chi connectivity index (χ4v) is 2.87. The predicted molar refractivity (Wildman–Crippen MR) is 83.9 cm³/mol. The van der Waals surface area contributed by atoms with E-state index in [4.69, 9.17) is 11.1 Å². The first kappa shape index (κ1) is 13.6. The molecule has 1 heterocycles. The van der Waals surface area contributed by atoms with E-state index in [1.54, 1.807) is 12.1 Å². The third-order valence-electron chi connectivity index (χ3n) is 3.90. The Labute approximate surface area is 123 Å². The van der Waals surface area contributed by atoms with E-state index in [-0.39, 0.29) is 11.7 Å². The van der Waals surface area contributed by atoms with Crippen LogP contribution in [0.15, 0.2) is 36.4 Å². The van der Waals surface area contributed by atoms with Crippen molar-refractivity contribution in [3.8, 4) is 0 Å². The monoisotopic (exact) mass is 283 g/mol. The van der Waals surface area contributed by atoms with Crippen molar-refractivity contribution in [2.24, 2.45) is 5.73 Å². The van der Waals surface area contributed by atoms with Gasteiger partial charge < -0.3 is 10.6 Å². The Hall–Kier alpha value is -2.36. The van der Waals surface area contributed by atoms with Gasteiger partial charge in [0.2, 0.25) is 0 Å². The third-order valence-corrected chi connectivity index (χ3v) is 3.90. The standard InChI is InChI=1S/C17H18FN3/c1-11-4-6-15-12(9-11)3-2-8-21(15)16-7-5-13(17(19)20)10-14(16)18/h4-7,9-10H,2-3,8H2,1H3,(H3,19,20).